The summed E-state index contributed by atoms with van der Waals surface area (Å²) in [4.78, 5) is 13.6. The molecule has 2 rings (SSSR count). The Labute approximate surface area is 122 Å². The van der Waals surface area contributed by atoms with Crippen molar-refractivity contribution < 1.29 is 17.6 Å². The van der Waals surface area contributed by atoms with E-state index in [0.717, 1.165) is 0 Å². The van der Waals surface area contributed by atoms with Crippen LogP contribution in [0, 0.1) is 5.82 Å². The number of hydrogen-bond donors (Lipinski definition) is 0. The molecule has 1 fully saturated rings. The van der Waals surface area contributed by atoms with E-state index in [0.29, 0.717) is 24.4 Å². The number of thioether (sulfide) groups is 1. The van der Waals surface area contributed by atoms with E-state index < -0.39 is 15.7 Å². The molecule has 4 nitrogen and oxygen atoms in total. The molecule has 0 saturated carbocycles. The van der Waals surface area contributed by atoms with Crippen LogP contribution in [0.25, 0.3) is 0 Å². The van der Waals surface area contributed by atoms with Crippen LogP contribution in [0.2, 0.25) is 0 Å². The third-order valence-electron chi connectivity index (χ3n) is 3.07. The van der Waals surface area contributed by atoms with Gasteiger partial charge in [-0.1, -0.05) is 12.1 Å². The molecule has 1 amide bonds. The highest BCUT2D eigenvalue weighted by Gasteiger charge is 2.33. The molecular formula is C13H16FNO3S2. The molecule has 7 heteroatoms. The van der Waals surface area contributed by atoms with E-state index >= 15 is 0 Å². The van der Waals surface area contributed by atoms with Gasteiger partial charge in [-0.2, -0.15) is 0 Å². The molecule has 1 aromatic rings. The highest BCUT2D eigenvalue weighted by Crippen LogP contribution is 2.29. The first-order valence-corrected chi connectivity index (χ1v) is 9.34. The minimum atomic E-state index is -3.01. The van der Waals surface area contributed by atoms with Gasteiger partial charge in [0.2, 0.25) is 5.91 Å². The van der Waals surface area contributed by atoms with Gasteiger partial charge in [-0.3, -0.25) is 4.79 Å². The molecule has 0 spiro atoms. The van der Waals surface area contributed by atoms with Crippen molar-refractivity contribution in [2.24, 2.45) is 0 Å². The Morgan fingerprint density at radius 1 is 1.40 bits per heavy atom. The Morgan fingerprint density at radius 2 is 2.10 bits per heavy atom. The molecule has 110 valence electrons. The van der Waals surface area contributed by atoms with Gasteiger partial charge in [0.1, 0.15) is 15.7 Å². The average molecular weight is 317 g/mol. The highest BCUT2D eigenvalue weighted by atomic mass is 32.2. The smallest absolute Gasteiger partial charge is 0.240 e. The van der Waals surface area contributed by atoms with Crippen LogP contribution >= 0.6 is 11.8 Å². The third kappa shape index (κ3) is 3.73. The molecule has 0 radical (unpaired) electrons. The summed E-state index contributed by atoms with van der Waals surface area (Å²) in [6.45, 7) is 0.469. The zero-order valence-corrected chi connectivity index (χ0v) is 12.7. The second-order valence-electron chi connectivity index (χ2n) is 4.72. The monoisotopic (exact) mass is 317 g/mol. The molecule has 0 N–H and O–H groups in total. The van der Waals surface area contributed by atoms with E-state index in [4.69, 9.17) is 0 Å². The van der Waals surface area contributed by atoms with E-state index in [1.165, 1.54) is 29.0 Å². The molecule has 1 unspecified atom stereocenters. The first kappa shape index (κ1) is 15.3. The van der Waals surface area contributed by atoms with Crippen LogP contribution < -0.4 is 4.90 Å². The Bertz CT molecular complexity index is 603. The zero-order chi connectivity index (χ0) is 14.8. The molecule has 20 heavy (non-hydrogen) atoms. The number of nitrogens with zero attached hydrogens (tertiary/aromatic N) is 1. The Balaban J connectivity index is 1.98. The maximum Gasteiger partial charge on any atom is 0.240 e. The van der Waals surface area contributed by atoms with Gasteiger partial charge in [0.05, 0.1) is 16.7 Å². The van der Waals surface area contributed by atoms with Gasteiger partial charge < -0.3 is 4.90 Å². The van der Waals surface area contributed by atoms with E-state index in [1.807, 2.05) is 0 Å². The number of anilines is 1. The van der Waals surface area contributed by atoms with Crippen molar-refractivity contribution in [3.63, 3.8) is 0 Å². The summed E-state index contributed by atoms with van der Waals surface area (Å²) in [6, 6.07) is 6.18. The average Bonchev–Trinajstić information content (AvgIpc) is 2.70. The molecule has 1 aliphatic rings. The summed E-state index contributed by atoms with van der Waals surface area (Å²) in [6.07, 6.45) is 1.79. The standard InChI is InChI=1S/C13H16FNO3S2/c1-20(17,18)9-8-19-12-6-7-15(13(12)16)11-5-3-2-4-10(11)14/h2-5,12H,6-9H2,1H3. The van der Waals surface area contributed by atoms with Crippen molar-refractivity contribution in [2.75, 3.05) is 29.2 Å². The number of para-hydroxylation sites is 1. The van der Waals surface area contributed by atoms with E-state index in [2.05, 4.69) is 0 Å². The van der Waals surface area contributed by atoms with Crippen molar-refractivity contribution in [3.8, 4) is 0 Å². The van der Waals surface area contributed by atoms with Gasteiger partial charge in [0.15, 0.2) is 0 Å². The maximum atomic E-state index is 13.7. The maximum absolute atomic E-state index is 13.7. The number of carbonyl (C=O) groups is 1. The Morgan fingerprint density at radius 3 is 2.75 bits per heavy atom. The topological polar surface area (TPSA) is 54.5 Å². The number of rotatable bonds is 5. The predicted molar refractivity (Wildman–Crippen MR) is 79.3 cm³/mol. The summed E-state index contributed by atoms with van der Waals surface area (Å²) in [5.74, 6) is -0.113. The van der Waals surface area contributed by atoms with E-state index in [1.54, 1.807) is 18.2 Å². The van der Waals surface area contributed by atoms with Gasteiger partial charge in [0, 0.05) is 18.6 Å². The number of carbonyl (C=O) groups excluding carboxylic acids is 1. The summed E-state index contributed by atoms with van der Waals surface area (Å²) >= 11 is 1.33. The summed E-state index contributed by atoms with van der Waals surface area (Å²) < 4.78 is 35.8. The van der Waals surface area contributed by atoms with Gasteiger partial charge in [-0.05, 0) is 18.6 Å². The second-order valence-corrected chi connectivity index (χ2v) is 8.29. The Hall–Kier alpha value is -1.08. The normalized spacial score (nSPS) is 19.6. The van der Waals surface area contributed by atoms with E-state index in [9.17, 15) is 17.6 Å². The van der Waals surface area contributed by atoms with Crippen molar-refractivity contribution in [3.05, 3.63) is 30.1 Å². The van der Waals surface area contributed by atoms with Crippen molar-refractivity contribution in [1.29, 1.82) is 0 Å². The minimum absolute atomic E-state index is 0.0567. The molecule has 1 aliphatic heterocycles. The largest absolute Gasteiger partial charge is 0.309 e. The number of amides is 1. The van der Waals surface area contributed by atoms with Crippen LogP contribution in [0.4, 0.5) is 10.1 Å². The van der Waals surface area contributed by atoms with Crippen molar-refractivity contribution in [2.45, 2.75) is 11.7 Å². The first-order chi connectivity index (χ1) is 9.38. The predicted octanol–water partition coefficient (Wildman–Crippen LogP) is 1.71. The van der Waals surface area contributed by atoms with Crippen LogP contribution in [0.15, 0.2) is 24.3 Å². The van der Waals surface area contributed by atoms with Crippen LogP contribution in [-0.4, -0.2) is 43.9 Å². The van der Waals surface area contributed by atoms with Crippen molar-refractivity contribution >= 4 is 33.2 Å². The second kappa shape index (κ2) is 6.13. The lowest BCUT2D eigenvalue weighted by molar-refractivity contribution is -0.116. The number of hydrogen-bond acceptors (Lipinski definition) is 4. The molecule has 0 aromatic heterocycles. The fraction of sp³-hybridized carbons (Fsp3) is 0.462. The molecule has 1 heterocycles. The van der Waals surface area contributed by atoms with Crippen LogP contribution in [0.5, 0.6) is 0 Å². The van der Waals surface area contributed by atoms with E-state index in [-0.39, 0.29) is 16.9 Å². The lowest BCUT2D eigenvalue weighted by Gasteiger charge is -2.17. The minimum Gasteiger partial charge on any atom is -0.309 e. The molecule has 1 aromatic carbocycles. The molecule has 0 bridgehead atoms. The van der Waals surface area contributed by atoms with Crippen LogP contribution in [0.3, 0.4) is 0 Å². The third-order valence-corrected chi connectivity index (χ3v) is 5.56. The lowest BCUT2D eigenvalue weighted by atomic mass is 10.3. The quantitative estimate of drug-likeness (QED) is 0.829. The number of benzene rings is 1. The lowest BCUT2D eigenvalue weighted by Crippen LogP contribution is -2.29. The van der Waals surface area contributed by atoms with Crippen molar-refractivity contribution in [1.82, 2.24) is 0 Å². The highest BCUT2D eigenvalue weighted by molar-refractivity contribution is 8.01. The molecule has 1 atom stereocenters. The van der Waals surface area contributed by atoms with Gasteiger partial charge >= 0.3 is 0 Å². The van der Waals surface area contributed by atoms with Crippen LogP contribution in [0.1, 0.15) is 6.42 Å². The number of sulfone groups is 1. The fourth-order valence-corrected chi connectivity index (χ4v) is 4.48. The fourth-order valence-electron chi connectivity index (χ4n) is 2.06. The SMILES string of the molecule is CS(=O)(=O)CCSC1CCN(c2ccccc2F)C1=O. The van der Waals surface area contributed by atoms with Gasteiger partial charge in [-0.25, -0.2) is 12.8 Å². The van der Waals surface area contributed by atoms with Crippen LogP contribution in [-0.2, 0) is 14.6 Å². The summed E-state index contributed by atoms with van der Waals surface area (Å²) in [5.41, 5.74) is 0.295. The first-order valence-electron chi connectivity index (χ1n) is 6.24. The number of halogens is 1. The molecular weight excluding hydrogens is 301 g/mol. The summed E-state index contributed by atoms with van der Waals surface area (Å²) in [7, 11) is -3.01. The summed E-state index contributed by atoms with van der Waals surface area (Å²) in [5, 5.41) is -0.281. The molecule has 1 saturated heterocycles. The zero-order valence-electron chi connectivity index (χ0n) is 11.1. The van der Waals surface area contributed by atoms with Gasteiger partial charge in [0.25, 0.3) is 0 Å². The Kier molecular flexibility index (Phi) is 4.70. The molecule has 0 aliphatic carbocycles. The van der Waals surface area contributed by atoms with Gasteiger partial charge in [-0.15, -0.1) is 11.8 Å².